The van der Waals surface area contributed by atoms with Gasteiger partial charge in [-0.05, 0) is 55.0 Å². The van der Waals surface area contributed by atoms with Crippen molar-refractivity contribution in [2.45, 2.75) is 19.8 Å². The second-order valence-electron chi connectivity index (χ2n) is 4.71. The molecule has 1 unspecified atom stereocenters. The molecule has 0 aliphatic carbocycles. The maximum atomic E-state index is 13.1. The van der Waals surface area contributed by atoms with Gasteiger partial charge in [0.1, 0.15) is 5.75 Å². The van der Waals surface area contributed by atoms with E-state index in [-0.39, 0.29) is 0 Å². The zero-order chi connectivity index (χ0) is 16.0. The fourth-order valence-electron chi connectivity index (χ4n) is 1.74. The number of hydrogen-bond acceptors (Lipinski definition) is 3. The summed E-state index contributed by atoms with van der Waals surface area (Å²) in [7, 11) is -3.46. The Balaban J connectivity index is 2.26. The van der Waals surface area contributed by atoms with E-state index < -0.39 is 7.60 Å². The molecule has 6 heteroatoms. The highest BCUT2D eigenvalue weighted by Crippen LogP contribution is 2.47. The van der Waals surface area contributed by atoms with Crippen LogP contribution in [0.5, 0.6) is 5.75 Å². The van der Waals surface area contributed by atoms with E-state index in [9.17, 15) is 4.57 Å². The minimum atomic E-state index is -3.46. The van der Waals surface area contributed by atoms with Crippen LogP contribution in [-0.4, -0.2) is 6.61 Å². The monoisotopic (exact) mass is 358 g/mol. The quantitative estimate of drug-likeness (QED) is 0.469. The molecule has 0 saturated heterocycles. The third-order valence-electron chi connectivity index (χ3n) is 2.94. The highest BCUT2D eigenvalue weighted by molar-refractivity contribution is 7.62. The molecular formula is C16H17Cl2O3P. The lowest BCUT2D eigenvalue weighted by atomic mass is 10.3. The van der Waals surface area contributed by atoms with Crippen LogP contribution in [0.3, 0.4) is 0 Å². The topological polar surface area (TPSA) is 35.5 Å². The van der Waals surface area contributed by atoms with Crippen LogP contribution < -0.4 is 9.83 Å². The Hall–Kier alpha value is -0.990. The minimum Gasteiger partial charge on any atom is -0.421 e. The van der Waals surface area contributed by atoms with Gasteiger partial charge < -0.3 is 4.52 Å². The maximum Gasteiger partial charge on any atom is 0.410 e. The lowest BCUT2D eigenvalue weighted by molar-refractivity contribution is 0.269. The van der Waals surface area contributed by atoms with E-state index in [4.69, 9.17) is 32.2 Å². The molecule has 2 aromatic rings. The Morgan fingerprint density at radius 1 is 0.955 bits per heavy atom. The summed E-state index contributed by atoms with van der Waals surface area (Å²) in [6.07, 6.45) is 1.75. The van der Waals surface area contributed by atoms with E-state index in [1.807, 2.05) is 6.92 Å². The molecular weight excluding hydrogens is 342 g/mol. The fraction of sp³-hybridized carbons (Fsp3) is 0.250. The molecule has 0 aromatic heterocycles. The summed E-state index contributed by atoms with van der Waals surface area (Å²) in [4.78, 5) is 0. The van der Waals surface area contributed by atoms with Crippen molar-refractivity contribution < 1.29 is 13.6 Å². The lowest BCUT2D eigenvalue weighted by Gasteiger charge is -2.19. The van der Waals surface area contributed by atoms with Crippen molar-refractivity contribution in [1.82, 2.24) is 0 Å². The molecule has 22 heavy (non-hydrogen) atoms. The highest BCUT2D eigenvalue weighted by atomic mass is 35.5. The summed E-state index contributed by atoms with van der Waals surface area (Å²) in [6.45, 7) is 2.40. The average Bonchev–Trinajstić information content (AvgIpc) is 2.50. The summed E-state index contributed by atoms with van der Waals surface area (Å²) >= 11 is 11.7. The largest absolute Gasteiger partial charge is 0.421 e. The smallest absolute Gasteiger partial charge is 0.410 e. The van der Waals surface area contributed by atoms with Crippen LogP contribution in [0, 0.1) is 0 Å². The first-order chi connectivity index (χ1) is 10.5. The third-order valence-corrected chi connectivity index (χ3v) is 5.35. The second-order valence-corrected chi connectivity index (χ2v) is 7.53. The molecule has 0 heterocycles. The molecule has 2 aromatic carbocycles. The fourth-order valence-corrected chi connectivity index (χ4v) is 3.58. The number of halogens is 2. The van der Waals surface area contributed by atoms with E-state index in [1.54, 1.807) is 48.5 Å². The Morgan fingerprint density at radius 2 is 1.50 bits per heavy atom. The van der Waals surface area contributed by atoms with Crippen molar-refractivity contribution in [3.05, 3.63) is 58.6 Å². The van der Waals surface area contributed by atoms with Crippen LogP contribution in [0.4, 0.5) is 0 Å². The Labute approximate surface area is 140 Å². The molecule has 118 valence electrons. The van der Waals surface area contributed by atoms with Crippen LogP contribution in [0.1, 0.15) is 19.8 Å². The molecule has 0 bridgehead atoms. The molecule has 0 saturated carbocycles. The first-order valence-electron chi connectivity index (χ1n) is 6.99. The maximum absolute atomic E-state index is 13.1. The van der Waals surface area contributed by atoms with Crippen molar-refractivity contribution in [3.8, 4) is 5.75 Å². The van der Waals surface area contributed by atoms with Gasteiger partial charge in [0.15, 0.2) is 0 Å². The molecule has 0 aliphatic heterocycles. The first-order valence-corrected chi connectivity index (χ1v) is 9.29. The van der Waals surface area contributed by atoms with Crippen molar-refractivity contribution >= 4 is 36.1 Å². The van der Waals surface area contributed by atoms with Crippen LogP contribution >= 0.6 is 30.8 Å². The van der Waals surface area contributed by atoms with Gasteiger partial charge in [0.25, 0.3) is 0 Å². The van der Waals surface area contributed by atoms with Gasteiger partial charge in [0, 0.05) is 10.0 Å². The van der Waals surface area contributed by atoms with Crippen LogP contribution in [-0.2, 0) is 9.09 Å². The second kappa shape index (κ2) is 8.03. The standard InChI is InChI=1S/C16H17Cl2O3P/c1-2-3-12-20-22(19,16-10-6-14(18)7-11-16)21-15-8-4-13(17)5-9-15/h4-11H,2-3,12H2,1H3. The third kappa shape index (κ3) is 4.76. The Morgan fingerprint density at radius 3 is 2.05 bits per heavy atom. The molecule has 2 rings (SSSR count). The summed E-state index contributed by atoms with van der Waals surface area (Å²) in [5, 5.41) is 1.62. The van der Waals surface area contributed by atoms with E-state index in [1.165, 1.54) is 0 Å². The summed E-state index contributed by atoms with van der Waals surface area (Å²) in [6, 6.07) is 13.3. The van der Waals surface area contributed by atoms with E-state index in [2.05, 4.69) is 0 Å². The van der Waals surface area contributed by atoms with Gasteiger partial charge in [-0.25, -0.2) is 4.57 Å². The van der Waals surface area contributed by atoms with Crippen molar-refractivity contribution in [3.63, 3.8) is 0 Å². The van der Waals surface area contributed by atoms with Crippen molar-refractivity contribution in [2.24, 2.45) is 0 Å². The van der Waals surface area contributed by atoms with Gasteiger partial charge >= 0.3 is 7.60 Å². The normalized spacial score (nSPS) is 13.6. The molecule has 0 N–H and O–H groups in total. The average molecular weight is 359 g/mol. The van der Waals surface area contributed by atoms with Gasteiger partial charge in [-0.3, -0.25) is 4.52 Å². The molecule has 0 fully saturated rings. The summed E-state index contributed by atoms with van der Waals surface area (Å²) in [5.41, 5.74) is 0. The van der Waals surface area contributed by atoms with Crippen LogP contribution in [0.2, 0.25) is 10.0 Å². The number of hydrogen-bond donors (Lipinski definition) is 0. The van der Waals surface area contributed by atoms with Crippen LogP contribution in [0.25, 0.3) is 0 Å². The first kappa shape index (κ1) is 17.4. The minimum absolute atomic E-state index is 0.365. The predicted octanol–water partition coefficient (Wildman–Crippen LogP) is 5.71. The Kier molecular flexibility index (Phi) is 6.34. The number of unbranched alkanes of at least 4 members (excludes halogenated alkanes) is 1. The SMILES string of the molecule is CCCCOP(=O)(Oc1ccc(Cl)cc1)c1ccc(Cl)cc1. The van der Waals surface area contributed by atoms with Gasteiger partial charge in [0.2, 0.25) is 0 Å². The molecule has 0 spiro atoms. The van der Waals surface area contributed by atoms with Crippen molar-refractivity contribution in [2.75, 3.05) is 6.61 Å². The van der Waals surface area contributed by atoms with Gasteiger partial charge in [-0.15, -0.1) is 0 Å². The van der Waals surface area contributed by atoms with E-state index in [0.29, 0.717) is 27.7 Å². The van der Waals surface area contributed by atoms with E-state index >= 15 is 0 Å². The predicted molar refractivity (Wildman–Crippen MR) is 91.6 cm³/mol. The zero-order valence-corrected chi connectivity index (χ0v) is 14.6. The van der Waals surface area contributed by atoms with Crippen molar-refractivity contribution in [1.29, 1.82) is 0 Å². The summed E-state index contributed by atoms with van der Waals surface area (Å²) < 4.78 is 24.4. The molecule has 1 atom stereocenters. The van der Waals surface area contributed by atoms with Gasteiger partial charge in [-0.1, -0.05) is 36.5 Å². The molecule has 3 nitrogen and oxygen atoms in total. The van der Waals surface area contributed by atoms with Crippen LogP contribution in [0.15, 0.2) is 48.5 Å². The van der Waals surface area contributed by atoms with Gasteiger partial charge in [-0.2, -0.15) is 0 Å². The molecule has 0 aliphatic rings. The summed E-state index contributed by atoms with van der Waals surface area (Å²) in [5.74, 6) is 0.444. The zero-order valence-electron chi connectivity index (χ0n) is 12.2. The molecule has 0 amide bonds. The van der Waals surface area contributed by atoms with E-state index in [0.717, 1.165) is 12.8 Å². The Bertz CT molecular complexity index is 641. The highest BCUT2D eigenvalue weighted by Gasteiger charge is 2.29. The lowest BCUT2D eigenvalue weighted by Crippen LogP contribution is -2.13. The molecule has 0 radical (unpaired) electrons. The number of rotatable bonds is 7. The number of benzene rings is 2. The van der Waals surface area contributed by atoms with Gasteiger partial charge in [0.05, 0.1) is 11.9 Å².